The lowest BCUT2D eigenvalue weighted by molar-refractivity contribution is 0.361. The van der Waals surface area contributed by atoms with Gasteiger partial charge in [-0.3, -0.25) is 0 Å². The second-order valence-electron chi connectivity index (χ2n) is 7.19. The molecule has 5 nitrogen and oxygen atoms in total. The molecular formula is C22H22N4O. The van der Waals surface area contributed by atoms with Crippen LogP contribution < -0.4 is 4.74 Å². The summed E-state index contributed by atoms with van der Waals surface area (Å²) in [7, 11) is 1.69. The van der Waals surface area contributed by atoms with E-state index in [1.807, 2.05) is 36.4 Å². The fourth-order valence-corrected chi connectivity index (χ4v) is 4.10. The molecular weight excluding hydrogens is 336 g/mol. The zero-order valence-electron chi connectivity index (χ0n) is 15.4. The molecule has 0 atom stereocenters. The first-order chi connectivity index (χ1) is 13.3. The Morgan fingerprint density at radius 1 is 0.852 bits per heavy atom. The molecule has 0 bridgehead atoms. The van der Waals surface area contributed by atoms with Crippen molar-refractivity contribution in [2.75, 3.05) is 7.11 Å². The number of ether oxygens (including phenoxy) is 1. The van der Waals surface area contributed by atoms with Crippen LogP contribution in [0.1, 0.15) is 38.1 Å². The Labute approximate surface area is 158 Å². The van der Waals surface area contributed by atoms with Crippen LogP contribution in [0.5, 0.6) is 5.75 Å². The lowest BCUT2D eigenvalue weighted by Crippen LogP contribution is -2.14. The van der Waals surface area contributed by atoms with Gasteiger partial charge >= 0.3 is 0 Å². The Morgan fingerprint density at radius 3 is 2.26 bits per heavy atom. The quantitative estimate of drug-likeness (QED) is 0.507. The largest absolute Gasteiger partial charge is 0.497 e. The maximum atomic E-state index is 5.31. The van der Waals surface area contributed by atoms with Crippen LogP contribution in [0.3, 0.4) is 0 Å². The minimum absolute atomic E-state index is 0.427. The normalized spacial score (nSPS) is 15.4. The van der Waals surface area contributed by atoms with Gasteiger partial charge in [-0.2, -0.15) is 0 Å². The third kappa shape index (κ3) is 2.83. The summed E-state index contributed by atoms with van der Waals surface area (Å²) in [5.74, 6) is 1.80. The van der Waals surface area contributed by atoms with Gasteiger partial charge < -0.3 is 9.30 Å². The van der Waals surface area contributed by atoms with Crippen LogP contribution in [0.25, 0.3) is 33.7 Å². The Morgan fingerprint density at radius 2 is 1.56 bits per heavy atom. The zero-order valence-corrected chi connectivity index (χ0v) is 15.4. The molecule has 5 rings (SSSR count). The van der Waals surface area contributed by atoms with Crippen LogP contribution in [0, 0.1) is 0 Å². The topological polar surface area (TPSA) is 52.8 Å². The third-order valence-corrected chi connectivity index (χ3v) is 5.49. The summed E-state index contributed by atoms with van der Waals surface area (Å²) in [6.45, 7) is 0. The zero-order chi connectivity index (χ0) is 18.2. The van der Waals surface area contributed by atoms with Crippen molar-refractivity contribution in [2.45, 2.75) is 38.1 Å². The molecule has 1 aliphatic rings. The second-order valence-corrected chi connectivity index (χ2v) is 7.19. The van der Waals surface area contributed by atoms with Gasteiger partial charge in [-0.1, -0.05) is 31.4 Å². The summed E-state index contributed by atoms with van der Waals surface area (Å²) < 4.78 is 7.64. The Bertz CT molecular complexity index is 1090. The molecule has 0 aliphatic heterocycles. The molecule has 1 fully saturated rings. The van der Waals surface area contributed by atoms with Gasteiger partial charge in [-0.25, -0.2) is 15.0 Å². The molecule has 27 heavy (non-hydrogen) atoms. The molecule has 5 heteroatoms. The molecule has 136 valence electrons. The van der Waals surface area contributed by atoms with Crippen molar-refractivity contribution in [2.24, 2.45) is 0 Å². The summed E-state index contributed by atoms with van der Waals surface area (Å²) in [4.78, 5) is 14.7. The van der Waals surface area contributed by atoms with Crippen molar-refractivity contribution in [3.05, 3.63) is 48.5 Å². The number of hydrogen-bond acceptors (Lipinski definition) is 4. The van der Waals surface area contributed by atoms with E-state index < -0.39 is 0 Å². The molecule has 1 saturated carbocycles. The fraction of sp³-hybridized carbons (Fsp3) is 0.318. The fourth-order valence-electron chi connectivity index (χ4n) is 4.10. The van der Waals surface area contributed by atoms with Crippen molar-refractivity contribution in [1.29, 1.82) is 0 Å². The van der Waals surface area contributed by atoms with E-state index in [9.17, 15) is 0 Å². The van der Waals surface area contributed by atoms with Crippen LogP contribution in [-0.4, -0.2) is 26.6 Å². The number of rotatable bonds is 3. The average molecular weight is 358 g/mol. The van der Waals surface area contributed by atoms with Gasteiger partial charge in [0.1, 0.15) is 11.6 Å². The van der Waals surface area contributed by atoms with Gasteiger partial charge in [0.05, 0.1) is 18.1 Å². The summed E-state index contributed by atoms with van der Waals surface area (Å²) in [5, 5.41) is 0. The number of benzene rings is 2. The van der Waals surface area contributed by atoms with Crippen LogP contribution in [0.15, 0.2) is 48.5 Å². The van der Waals surface area contributed by atoms with Crippen molar-refractivity contribution >= 4 is 22.3 Å². The molecule has 0 unspecified atom stereocenters. The summed E-state index contributed by atoms with van der Waals surface area (Å²) in [6, 6.07) is 16.5. The first-order valence-electron chi connectivity index (χ1n) is 9.62. The highest BCUT2D eigenvalue weighted by atomic mass is 16.5. The van der Waals surface area contributed by atoms with Gasteiger partial charge in [-0.05, 0) is 49.2 Å². The smallest absolute Gasteiger partial charge is 0.198 e. The molecule has 1 aliphatic carbocycles. The summed E-state index contributed by atoms with van der Waals surface area (Å²) in [6.07, 6.45) is 6.17. The average Bonchev–Trinajstić information content (AvgIpc) is 3.11. The minimum atomic E-state index is 0.427. The highest BCUT2D eigenvalue weighted by molar-refractivity contribution is 5.85. The lowest BCUT2D eigenvalue weighted by Gasteiger charge is -2.25. The van der Waals surface area contributed by atoms with E-state index in [2.05, 4.69) is 16.7 Å². The summed E-state index contributed by atoms with van der Waals surface area (Å²) in [5.41, 5.74) is 4.50. The number of fused-ring (bicyclic) bond motifs is 2. The highest BCUT2D eigenvalue weighted by Gasteiger charge is 2.24. The predicted octanol–water partition coefficient (Wildman–Crippen LogP) is 5.16. The number of imidazole rings is 1. The number of aromatic nitrogens is 4. The van der Waals surface area contributed by atoms with Crippen LogP contribution in [0.4, 0.5) is 0 Å². The van der Waals surface area contributed by atoms with Crippen LogP contribution in [0.2, 0.25) is 0 Å². The van der Waals surface area contributed by atoms with Crippen molar-refractivity contribution in [3.8, 4) is 17.1 Å². The van der Waals surface area contributed by atoms with Crippen molar-refractivity contribution in [1.82, 2.24) is 19.5 Å². The van der Waals surface area contributed by atoms with E-state index in [4.69, 9.17) is 19.7 Å². The van der Waals surface area contributed by atoms with Crippen LogP contribution in [-0.2, 0) is 0 Å². The minimum Gasteiger partial charge on any atom is -0.497 e. The molecule has 0 radical (unpaired) electrons. The maximum absolute atomic E-state index is 5.31. The molecule has 0 saturated heterocycles. The SMILES string of the molecule is COc1ccc(-c2nc3nc4ccccc4nc3n2C2CCCCC2)cc1. The van der Waals surface area contributed by atoms with Gasteiger partial charge in [0.25, 0.3) is 0 Å². The van der Waals surface area contributed by atoms with E-state index in [1.165, 1.54) is 32.1 Å². The molecule has 2 aromatic heterocycles. The first-order valence-corrected chi connectivity index (χ1v) is 9.62. The number of methoxy groups -OCH3 is 1. The Kier molecular flexibility index (Phi) is 4.00. The first kappa shape index (κ1) is 16.2. The lowest BCUT2D eigenvalue weighted by atomic mass is 9.95. The van der Waals surface area contributed by atoms with Gasteiger partial charge in [0.2, 0.25) is 0 Å². The predicted molar refractivity (Wildman–Crippen MR) is 107 cm³/mol. The number of para-hydroxylation sites is 2. The molecule has 2 heterocycles. The molecule has 0 amide bonds. The Balaban J connectivity index is 1.75. The van der Waals surface area contributed by atoms with E-state index in [1.54, 1.807) is 7.11 Å². The van der Waals surface area contributed by atoms with Gasteiger partial charge in [0.15, 0.2) is 11.3 Å². The molecule has 0 spiro atoms. The second kappa shape index (κ2) is 6.65. The Hall–Kier alpha value is -2.95. The van der Waals surface area contributed by atoms with Gasteiger partial charge in [0, 0.05) is 11.6 Å². The third-order valence-electron chi connectivity index (χ3n) is 5.49. The number of hydrogen-bond donors (Lipinski definition) is 0. The monoisotopic (exact) mass is 358 g/mol. The van der Waals surface area contributed by atoms with E-state index in [0.717, 1.165) is 39.5 Å². The van der Waals surface area contributed by atoms with Gasteiger partial charge in [-0.15, -0.1) is 0 Å². The van der Waals surface area contributed by atoms with E-state index in [0.29, 0.717) is 6.04 Å². The van der Waals surface area contributed by atoms with Crippen molar-refractivity contribution < 1.29 is 4.74 Å². The highest BCUT2D eigenvalue weighted by Crippen LogP contribution is 2.35. The number of nitrogens with zero attached hydrogens (tertiary/aromatic N) is 4. The van der Waals surface area contributed by atoms with E-state index in [-0.39, 0.29) is 0 Å². The molecule has 4 aromatic rings. The van der Waals surface area contributed by atoms with E-state index >= 15 is 0 Å². The maximum Gasteiger partial charge on any atom is 0.198 e. The van der Waals surface area contributed by atoms with Crippen molar-refractivity contribution in [3.63, 3.8) is 0 Å². The van der Waals surface area contributed by atoms with Crippen LogP contribution >= 0.6 is 0 Å². The summed E-state index contributed by atoms with van der Waals surface area (Å²) >= 11 is 0. The standard InChI is InChI=1S/C22H22N4O/c1-27-17-13-11-15(12-14-17)21-25-20-22(26(21)16-7-3-2-4-8-16)24-19-10-6-5-9-18(19)23-20/h5-6,9-14,16H,2-4,7-8H2,1H3. The molecule has 2 aromatic carbocycles. The molecule has 0 N–H and O–H groups in total.